The van der Waals surface area contributed by atoms with Crippen molar-refractivity contribution in [3.8, 4) is 0 Å². The van der Waals surface area contributed by atoms with Crippen LogP contribution in [-0.2, 0) is 15.0 Å². The van der Waals surface area contributed by atoms with Crippen molar-refractivity contribution in [1.29, 1.82) is 0 Å². The van der Waals surface area contributed by atoms with Crippen LogP contribution in [0.4, 0.5) is 0 Å². The maximum absolute atomic E-state index is 12.6. The van der Waals surface area contributed by atoms with Gasteiger partial charge in [0.15, 0.2) is 0 Å². The number of nitrogens with one attached hydrogen (secondary N) is 2. The molecule has 2 N–H and O–H groups in total. The molecule has 1 aromatic rings. The summed E-state index contributed by atoms with van der Waals surface area (Å²) in [6.07, 6.45) is 5.01. The first-order valence-electron chi connectivity index (χ1n) is 7.23. The molecule has 2 amide bonds. The molecule has 0 radical (unpaired) electrons. The smallest absolute Gasteiger partial charge is 0.239 e. The number of carbonyl (C=O) groups excluding carboxylic acids is 2. The molecular weight excluding hydrogens is 252 g/mol. The summed E-state index contributed by atoms with van der Waals surface area (Å²) in [6.45, 7) is 0.0456. The largest absolute Gasteiger partial charge is 0.358 e. The van der Waals surface area contributed by atoms with Gasteiger partial charge in [-0.05, 0) is 18.4 Å². The number of rotatable bonds is 4. The molecule has 0 heterocycles. The van der Waals surface area contributed by atoms with Crippen molar-refractivity contribution in [3.63, 3.8) is 0 Å². The van der Waals surface area contributed by atoms with Gasteiger partial charge in [-0.25, -0.2) is 0 Å². The highest BCUT2D eigenvalue weighted by Gasteiger charge is 2.40. The van der Waals surface area contributed by atoms with Gasteiger partial charge in [0, 0.05) is 7.05 Å². The van der Waals surface area contributed by atoms with Gasteiger partial charge in [0.2, 0.25) is 11.8 Å². The average molecular weight is 274 g/mol. The Morgan fingerprint density at radius 3 is 2.35 bits per heavy atom. The maximum Gasteiger partial charge on any atom is 0.239 e. The quantitative estimate of drug-likeness (QED) is 0.879. The van der Waals surface area contributed by atoms with E-state index in [2.05, 4.69) is 10.6 Å². The molecule has 0 aliphatic heterocycles. The van der Waals surface area contributed by atoms with Crippen molar-refractivity contribution >= 4 is 11.8 Å². The zero-order valence-corrected chi connectivity index (χ0v) is 11.9. The molecule has 0 spiro atoms. The summed E-state index contributed by atoms with van der Waals surface area (Å²) >= 11 is 0. The topological polar surface area (TPSA) is 58.2 Å². The van der Waals surface area contributed by atoms with Crippen LogP contribution in [0.25, 0.3) is 0 Å². The summed E-state index contributed by atoms with van der Waals surface area (Å²) in [5, 5.41) is 5.31. The predicted octanol–water partition coefficient (Wildman–Crippen LogP) is 1.75. The second-order valence-electron chi connectivity index (χ2n) is 5.36. The lowest BCUT2D eigenvalue weighted by atomic mass is 9.68. The first-order valence-corrected chi connectivity index (χ1v) is 7.23. The summed E-state index contributed by atoms with van der Waals surface area (Å²) < 4.78 is 0. The number of hydrogen-bond donors (Lipinski definition) is 2. The average Bonchev–Trinajstić information content (AvgIpc) is 2.53. The van der Waals surface area contributed by atoms with Crippen molar-refractivity contribution in [2.75, 3.05) is 13.6 Å². The third kappa shape index (κ3) is 3.00. The lowest BCUT2D eigenvalue weighted by molar-refractivity contribution is -0.130. The first-order chi connectivity index (χ1) is 9.69. The second kappa shape index (κ2) is 6.55. The summed E-state index contributed by atoms with van der Waals surface area (Å²) in [4.78, 5) is 24.0. The molecule has 1 aliphatic carbocycles. The fraction of sp³-hybridized carbons (Fsp3) is 0.500. The van der Waals surface area contributed by atoms with E-state index in [-0.39, 0.29) is 18.4 Å². The second-order valence-corrected chi connectivity index (χ2v) is 5.36. The van der Waals surface area contributed by atoms with Crippen LogP contribution in [0.3, 0.4) is 0 Å². The monoisotopic (exact) mass is 274 g/mol. The number of likely N-dealkylation sites (N-methyl/N-ethyl adjacent to an activating group) is 1. The van der Waals surface area contributed by atoms with Gasteiger partial charge in [-0.2, -0.15) is 0 Å². The third-order valence-corrected chi connectivity index (χ3v) is 4.16. The normalized spacial score (nSPS) is 17.2. The molecule has 1 saturated carbocycles. The Hall–Kier alpha value is -1.84. The molecular formula is C16H22N2O2. The van der Waals surface area contributed by atoms with E-state index in [0.29, 0.717) is 0 Å². The predicted molar refractivity (Wildman–Crippen MR) is 78.3 cm³/mol. The molecule has 1 fully saturated rings. The van der Waals surface area contributed by atoms with Crippen LogP contribution in [-0.4, -0.2) is 25.4 Å². The Bertz CT molecular complexity index is 465. The van der Waals surface area contributed by atoms with Crippen LogP contribution in [0, 0.1) is 0 Å². The lowest BCUT2D eigenvalue weighted by Crippen LogP contribution is -2.48. The Kier molecular flexibility index (Phi) is 4.77. The van der Waals surface area contributed by atoms with E-state index in [0.717, 1.165) is 31.2 Å². The number of hydrogen-bond acceptors (Lipinski definition) is 2. The van der Waals surface area contributed by atoms with E-state index in [9.17, 15) is 9.59 Å². The fourth-order valence-electron chi connectivity index (χ4n) is 2.98. The Balaban J connectivity index is 2.19. The van der Waals surface area contributed by atoms with Gasteiger partial charge in [0.05, 0.1) is 12.0 Å². The summed E-state index contributed by atoms with van der Waals surface area (Å²) in [5.74, 6) is -0.190. The van der Waals surface area contributed by atoms with Gasteiger partial charge in [-0.15, -0.1) is 0 Å². The minimum atomic E-state index is -0.465. The van der Waals surface area contributed by atoms with Crippen molar-refractivity contribution < 1.29 is 9.59 Å². The molecule has 0 bridgehead atoms. The lowest BCUT2D eigenvalue weighted by Gasteiger charge is -2.36. The van der Waals surface area contributed by atoms with Crippen LogP contribution < -0.4 is 10.6 Å². The zero-order chi connectivity index (χ0) is 14.4. The molecule has 0 saturated heterocycles. The van der Waals surface area contributed by atoms with Gasteiger partial charge in [0.25, 0.3) is 0 Å². The highest BCUT2D eigenvalue weighted by atomic mass is 16.2. The highest BCUT2D eigenvalue weighted by Crippen LogP contribution is 2.39. The van der Waals surface area contributed by atoms with E-state index in [1.54, 1.807) is 7.05 Å². The minimum absolute atomic E-state index is 0.0213. The third-order valence-electron chi connectivity index (χ3n) is 4.16. The summed E-state index contributed by atoms with van der Waals surface area (Å²) in [6, 6.07) is 9.94. The molecule has 20 heavy (non-hydrogen) atoms. The van der Waals surface area contributed by atoms with Crippen LogP contribution in [0.5, 0.6) is 0 Å². The zero-order valence-electron chi connectivity index (χ0n) is 11.9. The SMILES string of the molecule is CNC(=O)CNC(=O)C1(c2ccccc2)CCCCC1. The summed E-state index contributed by atoms with van der Waals surface area (Å²) in [7, 11) is 1.57. The van der Waals surface area contributed by atoms with E-state index < -0.39 is 5.41 Å². The van der Waals surface area contributed by atoms with E-state index in [1.165, 1.54) is 6.42 Å². The van der Waals surface area contributed by atoms with Gasteiger partial charge in [-0.1, -0.05) is 49.6 Å². The number of amides is 2. The Morgan fingerprint density at radius 1 is 1.10 bits per heavy atom. The molecule has 1 aromatic carbocycles. The molecule has 2 rings (SSSR count). The highest BCUT2D eigenvalue weighted by molar-refractivity contribution is 5.91. The molecule has 4 heteroatoms. The minimum Gasteiger partial charge on any atom is -0.358 e. The van der Waals surface area contributed by atoms with Crippen molar-refractivity contribution in [2.45, 2.75) is 37.5 Å². The first kappa shape index (κ1) is 14.6. The van der Waals surface area contributed by atoms with Crippen molar-refractivity contribution in [1.82, 2.24) is 10.6 Å². The van der Waals surface area contributed by atoms with Crippen LogP contribution in [0.2, 0.25) is 0 Å². The van der Waals surface area contributed by atoms with E-state index >= 15 is 0 Å². The van der Waals surface area contributed by atoms with Crippen molar-refractivity contribution in [2.24, 2.45) is 0 Å². The standard InChI is InChI=1S/C16H22N2O2/c1-17-14(19)12-18-15(20)16(10-6-3-7-11-16)13-8-4-2-5-9-13/h2,4-5,8-9H,3,6-7,10-12H2,1H3,(H,17,19)(H,18,20). The molecule has 0 atom stereocenters. The maximum atomic E-state index is 12.6. The van der Waals surface area contributed by atoms with Gasteiger partial charge in [0.1, 0.15) is 0 Å². The van der Waals surface area contributed by atoms with Crippen LogP contribution >= 0.6 is 0 Å². The van der Waals surface area contributed by atoms with Gasteiger partial charge >= 0.3 is 0 Å². The van der Waals surface area contributed by atoms with E-state index in [4.69, 9.17) is 0 Å². The Labute approximate surface area is 119 Å². The van der Waals surface area contributed by atoms with Gasteiger partial charge < -0.3 is 10.6 Å². The molecule has 4 nitrogen and oxygen atoms in total. The van der Waals surface area contributed by atoms with Crippen LogP contribution in [0.15, 0.2) is 30.3 Å². The Morgan fingerprint density at radius 2 is 1.75 bits per heavy atom. The molecule has 0 aromatic heterocycles. The number of carbonyl (C=O) groups is 2. The van der Waals surface area contributed by atoms with Crippen molar-refractivity contribution in [3.05, 3.63) is 35.9 Å². The fourth-order valence-corrected chi connectivity index (χ4v) is 2.98. The number of benzene rings is 1. The molecule has 108 valence electrons. The van der Waals surface area contributed by atoms with Gasteiger partial charge in [-0.3, -0.25) is 9.59 Å². The molecule has 1 aliphatic rings. The molecule has 0 unspecified atom stereocenters. The van der Waals surface area contributed by atoms with E-state index in [1.807, 2.05) is 30.3 Å². The van der Waals surface area contributed by atoms with Crippen LogP contribution in [0.1, 0.15) is 37.7 Å². The summed E-state index contributed by atoms with van der Waals surface area (Å²) in [5.41, 5.74) is 0.599.